The maximum atomic E-state index is 9.63. The van der Waals surface area contributed by atoms with Crippen LogP contribution in [0.2, 0.25) is 0 Å². The Labute approximate surface area is 97.6 Å². The van der Waals surface area contributed by atoms with Crippen LogP contribution in [0.25, 0.3) is 6.08 Å². The number of aliphatic hydroxyl groups is 1. The fourth-order valence-electron chi connectivity index (χ4n) is 1.51. The topological polar surface area (TPSA) is 29.5 Å². The lowest BCUT2D eigenvalue weighted by Crippen LogP contribution is -2.05. The van der Waals surface area contributed by atoms with Gasteiger partial charge in [0.05, 0.1) is 12.7 Å². The minimum Gasteiger partial charge on any atom is -0.494 e. The first-order valence-corrected chi connectivity index (χ1v) is 5.76. The second-order valence-corrected chi connectivity index (χ2v) is 3.81. The van der Waals surface area contributed by atoms with Crippen LogP contribution in [0, 0.1) is 0 Å². The van der Waals surface area contributed by atoms with Crippen LogP contribution >= 0.6 is 0 Å². The first-order chi connectivity index (χ1) is 7.67. The highest BCUT2D eigenvalue weighted by Crippen LogP contribution is 2.16. The summed E-state index contributed by atoms with van der Waals surface area (Å²) in [6.45, 7) is 6.57. The van der Waals surface area contributed by atoms with E-state index in [1.54, 1.807) is 0 Å². The molecule has 0 spiro atoms. The van der Waals surface area contributed by atoms with Gasteiger partial charge >= 0.3 is 0 Å². The van der Waals surface area contributed by atoms with Gasteiger partial charge in [-0.25, -0.2) is 0 Å². The molecule has 1 rings (SSSR count). The molecule has 0 aliphatic heterocycles. The molecular formula is C14H20O2. The van der Waals surface area contributed by atoms with Gasteiger partial charge in [-0.3, -0.25) is 0 Å². The normalized spacial score (nSPS) is 13.6. The van der Waals surface area contributed by atoms with E-state index in [2.05, 4.69) is 0 Å². The van der Waals surface area contributed by atoms with Crippen LogP contribution in [-0.4, -0.2) is 17.8 Å². The second kappa shape index (κ2) is 6.33. The fourth-order valence-corrected chi connectivity index (χ4v) is 1.51. The predicted octanol–water partition coefficient (Wildman–Crippen LogP) is 3.26. The van der Waals surface area contributed by atoms with Crippen molar-refractivity contribution in [3.63, 3.8) is 0 Å². The van der Waals surface area contributed by atoms with Crippen molar-refractivity contribution in [3.8, 4) is 5.75 Å². The van der Waals surface area contributed by atoms with Crippen molar-refractivity contribution < 1.29 is 9.84 Å². The van der Waals surface area contributed by atoms with E-state index < -0.39 is 0 Å². The van der Waals surface area contributed by atoms with E-state index in [-0.39, 0.29) is 6.10 Å². The zero-order chi connectivity index (χ0) is 12.0. The summed E-state index contributed by atoms with van der Waals surface area (Å²) in [4.78, 5) is 0. The van der Waals surface area contributed by atoms with Gasteiger partial charge in [0, 0.05) is 0 Å². The van der Waals surface area contributed by atoms with E-state index in [1.165, 1.54) is 0 Å². The monoisotopic (exact) mass is 220 g/mol. The molecule has 1 aromatic rings. The summed E-state index contributed by atoms with van der Waals surface area (Å²) in [6, 6.07) is 7.88. The Kier molecular flexibility index (Phi) is 5.06. The average molecular weight is 220 g/mol. The predicted molar refractivity (Wildman–Crippen MR) is 67.6 cm³/mol. The zero-order valence-electron chi connectivity index (χ0n) is 10.2. The highest BCUT2D eigenvalue weighted by atomic mass is 16.5. The van der Waals surface area contributed by atoms with E-state index in [4.69, 9.17) is 4.74 Å². The smallest absolute Gasteiger partial charge is 0.119 e. The van der Waals surface area contributed by atoms with Crippen LogP contribution in [0.1, 0.15) is 32.8 Å². The standard InChI is InChI=1S/C14H20O2/c1-4-14(15)11(3)10-12-6-8-13(9-7-12)16-5-2/h6-10,14-15H,4-5H2,1-3H3. The van der Waals surface area contributed by atoms with Crippen LogP contribution in [0.3, 0.4) is 0 Å². The largest absolute Gasteiger partial charge is 0.494 e. The molecule has 1 N–H and O–H groups in total. The van der Waals surface area contributed by atoms with Crippen molar-refractivity contribution in [3.05, 3.63) is 35.4 Å². The summed E-state index contributed by atoms with van der Waals surface area (Å²) >= 11 is 0. The van der Waals surface area contributed by atoms with Crippen molar-refractivity contribution in [2.45, 2.75) is 33.3 Å². The minimum absolute atomic E-state index is 0.341. The van der Waals surface area contributed by atoms with Gasteiger partial charge in [0.25, 0.3) is 0 Å². The molecule has 0 fully saturated rings. The van der Waals surface area contributed by atoms with Crippen LogP contribution in [0.5, 0.6) is 5.75 Å². The molecule has 0 aliphatic carbocycles. The zero-order valence-corrected chi connectivity index (χ0v) is 10.2. The lowest BCUT2D eigenvalue weighted by Gasteiger charge is -2.08. The molecule has 0 aromatic heterocycles. The van der Waals surface area contributed by atoms with Gasteiger partial charge in [0.1, 0.15) is 5.75 Å². The van der Waals surface area contributed by atoms with E-state index in [1.807, 2.05) is 51.1 Å². The highest BCUT2D eigenvalue weighted by molar-refractivity contribution is 5.54. The lowest BCUT2D eigenvalue weighted by molar-refractivity contribution is 0.208. The summed E-state index contributed by atoms with van der Waals surface area (Å²) in [5, 5.41) is 9.63. The van der Waals surface area contributed by atoms with Crippen LogP contribution in [0.15, 0.2) is 29.8 Å². The first kappa shape index (κ1) is 12.8. The fraction of sp³-hybridized carbons (Fsp3) is 0.429. The third kappa shape index (κ3) is 3.70. The van der Waals surface area contributed by atoms with Gasteiger partial charge < -0.3 is 9.84 Å². The molecule has 1 aromatic carbocycles. The molecule has 16 heavy (non-hydrogen) atoms. The van der Waals surface area contributed by atoms with E-state index in [0.717, 1.165) is 23.3 Å². The molecule has 1 atom stereocenters. The third-order valence-electron chi connectivity index (χ3n) is 2.50. The first-order valence-electron chi connectivity index (χ1n) is 5.76. The summed E-state index contributed by atoms with van der Waals surface area (Å²) < 4.78 is 5.36. The Hall–Kier alpha value is -1.28. The molecule has 0 bridgehead atoms. The quantitative estimate of drug-likeness (QED) is 0.825. The van der Waals surface area contributed by atoms with Gasteiger partial charge in [0.15, 0.2) is 0 Å². The van der Waals surface area contributed by atoms with Crippen LogP contribution in [0.4, 0.5) is 0 Å². The number of ether oxygens (including phenoxy) is 1. The maximum absolute atomic E-state index is 9.63. The Morgan fingerprint density at radius 1 is 1.31 bits per heavy atom. The molecule has 0 radical (unpaired) electrons. The molecule has 2 heteroatoms. The summed E-state index contributed by atoms with van der Waals surface area (Å²) in [7, 11) is 0. The SMILES string of the molecule is CCOc1ccc(C=C(C)C(O)CC)cc1. The van der Waals surface area contributed by atoms with E-state index in [0.29, 0.717) is 6.61 Å². The van der Waals surface area contributed by atoms with Crippen molar-refractivity contribution >= 4 is 6.08 Å². The molecule has 0 aliphatic rings. The Bertz CT molecular complexity index is 338. The van der Waals surface area contributed by atoms with Crippen molar-refractivity contribution in [1.82, 2.24) is 0 Å². The molecule has 0 saturated carbocycles. The molecule has 0 amide bonds. The van der Waals surface area contributed by atoms with E-state index in [9.17, 15) is 5.11 Å². The van der Waals surface area contributed by atoms with Gasteiger partial charge in [-0.05, 0) is 43.5 Å². The highest BCUT2D eigenvalue weighted by Gasteiger charge is 2.02. The van der Waals surface area contributed by atoms with Crippen molar-refractivity contribution in [2.24, 2.45) is 0 Å². The molecule has 0 saturated heterocycles. The Morgan fingerprint density at radius 2 is 1.94 bits per heavy atom. The van der Waals surface area contributed by atoms with Gasteiger partial charge in [0.2, 0.25) is 0 Å². The molecular weight excluding hydrogens is 200 g/mol. The minimum atomic E-state index is -0.341. The van der Waals surface area contributed by atoms with E-state index >= 15 is 0 Å². The van der Waals surface area contributed by atoms with Gasteiger partial charge in [-0.2, -0.15) is 0 Å². The Morgan fingerprint density at radius 3 is 2.44 bits per heavy atom. The lowest BCUT2D eigenvalue weighted by atomic mass is 10.1. The maximum Gasteiger partial charge on any atom is 0.119 e. The average Bonchev–Trinajstić information content (AvgIpc) is 2.31. The second-order valence-electron chi connectivity index (χ2n) is 3.81. The Balaban J connectivity index is 2.74. The third-order valence-corrected chi connectivity index (χ3v) is 2.50. The number of benzene rings is 1. The number of hydrogen-bond acceptors (Lipinski definition) is 2. The molecule has 88 valence electrons. The molecule has 0 heterocycles. The number of aliphatic hydroxyl groups excluding tert-OH is 1. The summed E-state index contributed by atoms with van der Waals surface area (Å²) in [5.41, 5.74) is 2.08. The molecule has 2 nitrogen and oxygen atoms in total. The van der Waals surface area contributed by atoms with Crippen LogP contribution < -0.4 is 4.74 Å². The molecule has 1 unspecified atom stereocenters. The van der Waals surface area contributed by atoms with Crippen LogP contribution in [-0.2, 0) is 0 Å². The summed E-state index contributed by atoms with van der Waals surface area (Å²) in [6.07, 6.45) is 2.41. The van der Waals surface area contributed by atoms with Crippen molar-refractivity contribution in [2.75, 3.05) is 6.61 Å². The van der Waals surface area contributed by atoms with Gasteiger partial charge in [-0.15, -0.1) is 0 Å². The number of rotatable bonds is 5. The van der Waals surface area contributed by atoms with Gasteiger partial charge in [-0.1, -0.05) is 25.1 Å². The van der Waals surface area contributed by atoms with Crippen molar-refractivity contribution in [1.29, 1.82) is 0 Å². The number of hydrogen-bond donors (Lipinski definition) is 1. The summed E-state index contributed by atoms with van der Waals surface area (Å²) in [5.74, 6) is 0.883.